The van der Waals surface area contributed by atoms with Crippen molar-refractivity contribution in [3.63, 3.8) is 0 Å². The van der Waals surface area contributed by atoms with Crippen molar-refractivity contribution in [3.8, 4) is 5.75 Å². The molecule has 2 amide bonds. The van der Waals surface area contributed by atoms with Crippen LogP contribution in [0.2, 0.25) is 0 Å². The van der Waals surface area contributed by atoms with Crippen LogP contribution in [0.15, 0.2) is 112 Å². The van der Waals surface area contributed by atoms with E-state index in [0.717, 1.165) is 57.7 Å². The van der Waals surface area contributed by atoms with Gasteiger partial charge in [-0.2, -0.15) is 0 Å². The van der Waals surface area contributed by atoms with Crippen molar-refractivity contribution in [2.45, 2.75) is 62.6 Å². The van der Waals surface area contributed by atoms with Gasteiger partial charge in [-0.15, -0.1) is 0 Å². The summed E-state index contributed by atoms with van der Waals surface area (Å²) in [6.07, 6.45) is 4.00. The van der Waals surface area contributed by atoms with Gasteiger partial charge in [0.05, 0.1) is 17.2 Å². The van der Waals surface area contributed by atoms with Crippen molar-refractivity contribution in [2.24, 2.45) is 0 Å². The van der Waals surface area contributed by atoms with Crippen molar-refractivity contribution >= 4 is 43.5 Å². The Kier molecular flexibility index (Phi) is 11.9. The smallest absolute Gasteiger partial charge is 0.264 e. The Morgan fingerprint density at radius 2 is 1.58 bits per heavy atom. The summed E-state index contributed by atoms with van der Waals surface area (Å²) in [7, 11) is -4.36. The molecule has 252 valence electrons. The molecule has 0 saturated heterocycles. The highest BCUT2D eigenvalue weighted by molar-refractivity contribution is 9.10. The van der Waals surface area contributed by atoms with Crippen LogP contribution in [-0.4, -0.2) is 50.4 Å². The standard InChI is InChI=1S/C37H39BrFN3O5S/c1-2-47-33-19-17-32(18-20-33)42(48(45,46)34-21-15-30(39)16-22-34)26-36(43)41(25-28-11-8-12-29(38)23-28)35(24-27-9-4-3-5-10-27)37(44)40-31-13-6-7-14-31/h3-5,8-12,15-23,31,35H,2,6-7,13-14,24-26H2,1H3,(H,40,44). The minimum atomic E-state index is -4.36. The van der Waals surface area contributed by atoms with E-state index < -0.39 is 34.3 Å². The summed E-state index contributed by atoms with van der Waals surface area (Å²) in [5, 5.41) is 3.17. The van der Waals surface area contributed by atoms with Gasteiger partial charge in [0.15, 0.2) is 0 Å². The Morgan fingerprint density at radius 1 is 0.917 bits per heavy atom. The zero-order chi connectivity index (χ0) is 34.1. The summed E-state index contributed by atoms with van der Waals surface area (Å²) in [6, 6.07) is 26.8. The normalized spacial score (nSPS) is 13.9. The van der Waals surface area contributed by atoms with E-state index in [4.69, 9.17) is 4.74 Å². The van der Waals surface area contributed by atoms with Gasteiger partial charge in [-0.25, -0.2) is 12.8 Å². The highest BCUT2D eigenvalue weighted by Gasteiger charge is 2.35. The van der Waals surface area contributed by atoms with Gasteiger partial charge in [-0.05, 0) is 91.6 Å². The maximum atomic E-state index is 14.6. The fraction of sp³-hybridized carbons (Fsp3) is 0.297. The third-order valence-electron chi connectivity index (χ3n) is 8.33. The van der Waals surface area contributed by atoms with Crippen LogP contribution in [0.4, 0.5) is 10.1 Å². The molecule has 8 nitrogen and oxygen atoms in total. The molecular formula is C37H39BrFN3O5S. The second-order valence-corrected chi connectivity index (χ2v) is 14.5. The van der Waals surface area contributed by atoms with E-state index >= 15 is 0 Å². The first kappa shape index (κ1) is 35.1. The molecule has 5 rings (SSSR count). The van der Waals surface area contributed by atoms with Crippen LogP contribution < -0.4 is 14.4 Å². The topological polar surface area (TPSA) is 96.0 Å². The maximum Gasteiger partial charge on any atom is 0.264 e. The Balaban J connectivity index is 1.56. The number of carbonyl (C=O) groups is 2. The third-order valence-corrected chi connectivity index (χ3v) is 10.6. The average Bonchev–Trinajstić information content (AvgIpc) is 3.59. The molecule has 1 saturated carbocycles. The van der Waals surface area contributed by atoms with Crippen molar-refractivity contribution < 1.29 is 27.1 Å². The monoisotopic (exact) mass is 735 g/mol. The van der Waals surface area contributed by atoms with Crippen LogP contribution in [-0.2, 0) is 32.6 Å². The molecule has 0 aromatic heterocycles. The third kappa shape index (κ3) is 9.02. The molecule has 0 aliphatic heterocycles. The minimum absolute atomic E-state index is 0.0119. The quantitative estimate of drug-likeness (QED) is 0.152. The van der Waals surface area contributed by atoms with Gasteiger partial charge in [0.25, 0.3) is 10.0 Å². The predicted octanol–water partition coefficient (Wildman–Crippen LogP) is 6.88. The van der Waals surface area contributed by atoms with Crippen LogP contribution in [0.1, 0.15) is 43.7 Å². The average molecular weight is 737 g/mol. The lowest BCUT2D eigenvalue weighted by atomic mass is 10.0. The van der Waals surface area contributed by atoms with Crippen molar-refractivity contribution in [2.75, 3.05) is 17.5 Å². The first-order valence-corrected chi connectivity index (χ1v) is 18.3. The van der Waals surface area contributed by atoms with Gasteiger partial charge in [0, 0.05) is 23.5 Å². The van der Waals surface area contributed by atoms with Gasteiger partial charge in [-0.3, -0.25) is 13.9 Å². The Labute approximate surface area is 290 Å². The number of ether oxygens (including phenoxy) is 1. The number of benzene rings is 4. The molecule has 1 unspecified atom stereocenters. The van der Waals surface area contributed by atoms with Gasteiger partial charge < -0.3 is 15.0 Å². The van der Waals surface area contributed by atoms with E-state index in [2.05, 4.69) is 21.2 Å². The first-order valence-electron chi connectivity index (χ1n) is 16.0. The van der Waals surface area contributed by atoms with E-state index in [0.29, 0.717) is 12.4 Å². The summed E-state index contributed by atoms with van der Waals surface area (Å²) in [5.74, 6) is -0.912. The van der Waals surface area contributed by atoms with E-state index in [1.165, 1.54) is 17.0 Å². The molecule has 4 aromatic rings. The van der Waals surface area contributed by atoms with E-state index in [9.17, 15) is 22.4 Å². The molecular weight excluding hydrogens is 697 g/mol. The molecule has 0 spiro atoms. The molecule has 1 N–H and O–H groups in total. The van der Waals surface area contributed by atoms with Crippen LogP contribution in [0.3, 0.4) is 0 Å². The van der Waals surface area contributed by atoms with Crippen LogP contribution in [0, 0.1) is 5.82 Å². The molecule has 11 heteroatoms. The second-order valence-electron chi connectivity index (χ2n) is 11.7. The summed E-state index contributed by atoms with van der Waals surface area (Å²) in [4.78, 5) is 30.0. The summed E-state index contributed by atoms with van der Waals surface area (Å²) in [6.45, 7) is 1.71. The van der Waals surface area contributed by atoms with Crippen LogP contribution in [0.25, 0.3) is 0 Å². The molecule has 1 atom stereocenters. The molecule has 1 fully saturated rings. The van der Waals surface area contributed by atoms with E-state index in [1.807, 2.05) is 61.5 Å². The van der Waals surface area contributed by atoms with Crippen molar-refractivity contribution in [1.82, 2.24) is 10.2 Å². The largest absolute Gasteiger partial charge is 0.494 e. The molecule has 0 radical (unpaired) electrons. The highest BCUT2D eigenvalue weighted by atomic mass is 79.9. The number of sulfonamides is 1. The van der Waals surface area contributed by atoms with Gasteiger partial charge in [0.1, 0.15) is 24.2 Å². The lowest BCUT2D eigenvalue weighted by molar-refractivity contribution is -0.140. The number of carbonyl (C=O) groups excluding carboxylic acids is 2. The van der Waals surface area contributed by atoms with Crippen LogP contribution in [0.5, 0.6) is 5.75 Å². The zero-order valence-corrected chi connectivity index (χ0v) is 29.1. The molecule has 1 aliphatic carbocycles. The second kappa shape index (κ2) is 16.3. The molecule has 4 aromatic carbocycles. The summed E-state index contributed by atoms with van der Waals surface area (Å²) < 4.78 is 49.5. The SMILES string of the molecule is CCOc1ccc(N(CC(=O)N(Cc2cccc(Br)c2)C(Cc2ccccc2)C(=O)NC2CCCC2)S(=O)(=O)c2ccc(F)cc2)cc1. The number of anilines is 1. The summed E-state index contributed by atoms with van der Waals surface area (Å²) in [5.41, 5.74) is 1.84. The first-order chi connectivity index (χ1) is 23.1. The number of nitrogens with zero attached hydrogens (tertiary/aromatic N) is 2. The summed E-state index contributed by atoms with van der Waals surface area (Å²) >= 11 is 3.50. The lowest BCUT2D eigenvalue weighted by Gasteiger charge is -2.34. The number of nitrogens with one attached hydrogen (secondary N) is 1. The Hall–Kier alpha value is -4.22. The number of halogens is 2. The van der Waals surface area contributed by atoms with Crippen LogP contribution >= 0.6 is 15.9 Å². The van der Waals surface area contributed by atoms with Crippen molar-refractivity contribution in [3.05, 3.63) is 125 Å². The molecule has 48 heavy (non-hydrogen) atoms. The van der Waals surface area contributed by atoms with E-state index in [1.54, 1.807) is 24.3 Å². The van der Waals surface area contributed by atoms with Crippen molar-refractivity contribution in [1.29, 1.82) is 0 Å². The number of hydrogen-bond donors (Lipinski definition) is 1. The molecule has 1 aliphatic rings. The Morgan fingerprint density at radius 3 is 2.23 bits per heavy atom. The van der Waals surface area contributed by atoms with Gasteiger partial charge in [0.2, 0.25) is 11.8 Å². The fourth-order valence-electron chi connectivity index (χ4n) is 5.89. The zero-order valence-electron chi connectivity index (χ0n) is 26.7. The predicted molar refractivity (Wildman–Crippen MR) is 188 cm³/mol. The number of rotatable bonds is 14. The lowest BCUT2D eigenvalue weighted by Crippen LogP contribution is -2.54. The number of amides is 2. The molecule has 0 bridgehead atoms. The highest BCUT2D eigenvalue weighted by Crippen LogP contribution is 2.28. The van der Waals surface area contributed by atoms with Gasteiger partial charge >= 0.3 is 0 Å². The Bertz CT molecular complexity index is 1780. The minimum Gasteiger partial charge on any atom is -0.494 e. The fourth-order valence-corrected chi connectivity index (χ4v) is 7.75. The van der Waals surface area contributed by atoms with E-state index in [-0.39, 0.29) is 35.5 Å². The maximum absolute atomic E-state index is 14.6. The van der Waals surface area contributed by atoms with Gasteiger partial charge in [-0.1, -0.05) is 71.2 Å². The molecule has 0 heterocycles. The number of hydrogen-bond acceptors (Lipinski definition) is 5.